The molecule has 1 aliphatic heterocycles. The number of amides is 1. The second-order valence-corrected chi connectivity index (χ2v) is 8.34. The number of aromatic nitrogens is 2. The first-order valence-electron chi connectivity index (χ1n) is 9.98. The zero-order valence-corrected chi connectivity index (χ0v) is 17.8. The summed E-state index contributed by atoms with van der Waals surface area (Å²) < 4.78 is 6.89. The van der Waals surface area contributed by atoms with E-state index in [1.54, 1.807) is 35.8 Å². The number of carbonyl (C=O) groups excluding carboxylic acids is 2. The lowest BCUT2D eigenvalue weighted by molar-refractivity contribution is -0.119. The molecule has 1 aromatic carbocycles. The number of carbonyl (C=O) groups is 2. The molecular weight excluding hydrogens is 416 g/mol. The molecule has 1 aliphatic rings. The monoisotopic (exact) mass is 436 g/mol. The second kappa shape index (κ2) is 8.70. The lowest BCUT2D eigenvalue weighted by atomic mass is 10.2. The number of ether oxygens (including phenoxy) is 1. The summed E-state index contributed by atoms with van der Waals surface area (Å²) >= 11 is 1.12. The van der Waals surface area contributed by atoms with Gasteiger partial charge in [0.15, 0.2) is 6.61 Å². The number of esters is 1. The second-order valence-electron chi connectivity index (χ2n) is 7.35. The van der Waals surface area contributed by atoms with Gasteiger partial charge in [0.25, 0.3) is 11.5 Å². The van der Waals surface area contributed by atoms with Crippen LogP contribution in [0, 0.1) is 18.3 Å². The van der Waals surface area contributed by atoms with E-state index in [-0.39, 0.29) is 10.4 Å². The lowest BCUT2D eigenvalue weighted by Crippen LogP contribution is -2.24. The van der Waals surface area contributed by atoms with Crippen LogP contribution in [0.5, 0.6) is 0 Å². The number of hydrogen-bond acceptors (Lipinski definition) is 7. The van der Waals surface area contributed by atoms with E-state index >= 15 is 0 Å². The van der Waals surface area contributed by atoms with Crippen LogP contribution in [0.15, 0.2) is 29.1 Å². The van der Waals surface area contributed by atoms with Gasteiger partial charge in [0.2, 0.25) is 0 Å². The first-order chi connectivity index (χ1) is 15.0. The van der Waals surface area contributed by atoms with Gasteiger partial charge in [-0.15, -0.1) is 11.3 Å². The van der Waals surface area contributed by atoms with Gasteiger partial charge in [0.05, 0.1) is 17.0 Å². The molecule has 31 heavy (non-hydrogen) atoms. The number of anilines is 1. The number of aryl methyl sites for hydroxylation is 2. The molecule has 158 valence electrons. The third kappa shape index (κ3) is 4.20. The Morgan fingerprint density at radius 1 is 1.26 bits per heavy atom. The third-order valence-corrected chi connectivity index (χ3v) is 6.39. The Morgan fingerprint density at radius 3 is 2.77 bits per heavy atom. The molecule has 3 aromatic rings. The van der Waals surface area contributed by atoms with E-state index in [4.69, 9.17) is 10.00 Å². The Kier molecular flexibility index (Phi) is 5.82. The number of hydrogen-bond donors (Lipinski definition) is 1. The fraction of sp³-hybridized carbons (Fsp3) is 0.318. The standard InChI is InChI=1S/C22H20N4O4S/c1-13-18-20(25-16-5-3-2-4-10-26(16)21(18)28)31-19(13)22(29)30-12-17(27)24-15-8-6-14(11-23)7-9-15/h6-9H,2-5,10,12H2,1H3,(H,24,27). The van der Waals surface area contributed by atoms with Crippen LogP contribution in [0.1, 0.15) is 45.9 Å². The van der Waals surface area contributed by atoms with E-state index in [1.807, 2.05) is 6.07 Å². The summed E-state index contributed by atoms with van der Waals surface area (Å²) in [6.07, 6.45) is 3.74. The zero-order valence-electron chi connectivity index (χ0n) is 16.9. The molecule has 0 saturated heterocycles. The molecule has 0 saturated carbocycles. The molecule has 2 aromatic heterocycles. The average Bonchev–Trinajstić information content (AvgIpc) is 2.94. The highest BCUT2D eigenvalue weighted by molar-refractivity contribution is 7.20. The van der Waals surface area contributed by atoms with Crippen molar-refractivity contribution in [3.8, 4) is 6.07 Å². The van der Waals surface area contributed by atoms with Gasteiger partial charge in [-0.25, -0.2) is 9.78 Å². The maximum atomic E-state index is 13.0. The van der Waals surface area contributed by atoms with Gasteiger partial charge in [-0.1, -0.05) is 6.42 Å². The van der Waals surface area contributed by atoms with E-state index in [9.17, 15) is 14.4 Å². The maximum Gasteiger partial charge on any atom is 0.349 e. The minimum atomic E-state index is -0.657. The smallest absolute Gasteiger partial charge is 0.349 e. The fourth-order valence-electron chi connectivity index (χ4n) is 3.63. The topological polar surface area (TPSA) is 114 Å². The first kappa shape index (κ1) is 20.8. The predicted molar refractivity (Wildman–Crippen MR) is 116 cm³/mol. The van der Waals surface area contributed by atoms with Crippen LogP contribution in [0.4, 0.5) is 5.69 Å². The maximum absolute atomic E-state index is 13.0. The summed E-state index contributed by atoms with van der Waals surface area (Å²) in [6.45, 7) is 1.89. The molecule has 0 unspecified atom stereocenters. The van der Waals surface area contributed by atoms with Gasteiger partial charge >= 0.3 is 5.97 Å². The number of benzene rings is 1. The molecule has 0 spiro atoms. The summed E-state index contributed by atoms with van der Waals surface area (Å²) in [7, 11) is 0. The molecule has 0 atom stereocenters. The van der Waals surface area contributed by atoms with Crippen molar-refractivity contribution in [3.05, 3.63) is 56.4 Å². The summed E-state index contributed by atoms with van der Waals surface area (Å²) in [4.78, 5) is 43.1. The van der Waals surface area contributed by atoms with Crippen LogP contribution in [-0.2, 0) is 22.5 Å². The van der Waals surface area contributed by atoms with Crippen LogP contribution < -0.4 is 10.9 Å². The average molecular weight is 436 g/mol. The van der Waals surface area contributed by atoms with Gasteiger partial charge in [-0.2, -0.15) is 5.26 Å². The van der Waals surface area contributed by atoms with Crippen molar-refractivity contribution < 1.29 is 14.3 Å². The van der Waals surface area contributed by atoms with Crippen LogP contribution in [0.3, 0.4) is 0 Å². The molecule has 0 fully saturated rings. The quantitative estimate of drug-likeness (QED) is 0.629. The van der Waals surface area contributed by atoms with Crippen LogP contribution in [0.2, 0.25) is 0 Å². The van der Waals surface area contributed by atoms with E-state index in [2.05, 4.69) is 10.3 Å². The van der Waals surface area contributed by atoms with Crippen molar-refractivity contribution in [1.29, 1.82) is 5.26 Å². The Morgan fingerprint density at radius 2 is 2.03 bits per heavy atom. The molecular formula is C22H20N4O4S. The van der Waals surface area contributed by atoms with Gasteiger partial charge in [-0.3, -0.25) is 14.2 Å². The number of fused-ring (bicyclic) bond motifs is 2. The van der Waals surface area contributed by atoms with Crippen molar-refractivity contribution >= 4 is 39.1 Å². The third-order valence-electron chi connectivity index (χ3n) is 5.23. The van der Waals surface area contributed by atoms with Crippen LogP contribution in [0.25, 0.3) is 10.2 Å². The summed E-state index contributed by atoms with van der Waals surface area (Å²) in [6, 6.07) is 8.34. The number of nitrogens with one attached hydrogen (secondary N) is 1. The van der Waals surface area contributed by atoms with Crippen molar-refractivity contribution in [2.24, 2.45) is 0 Å². The molecule has 1 N–H and O–H groups in total. The highest BCUT2D eigenvalue weighted by Crippen LogP contribution is 2.29. The minimum Gasteiger partial charge on any atom is -0.451 e. The molecule has 8 nitrogen and oxygen atoms in total. The van der Waals surface area contributed by atoms with E-state index in [0.717, 1.165) is 42.8 Å². The number of nitrogens with zero attached hydrogens (tertiary/aromatic N) is 3. The Bertz CT molecular complexity index is 1270. The largest absolute Gasteiger partial charge is 0.451 e. The van der Waals surface area contributed by atoms with Gasteiger partial charge in [0, 0.05) is 18.7 Å². The van der Waals surface area contributed by atoms with Crippen molar-refractivity contribution in [1.82, 2.24) is 9.55 Å². The number of rotatable bonds is 4. The zero-order chi connectivity index (χ0) is 22.0. The molecule has 9 heteroatoms. The Balaban J connectivity index is 1.49. The fourth-order valence-corrected chi connectivity index (χ4v) is 4.71. The van der Waals surface area contributed by atoms with E-state index in [0.29, 0.717) is 33.6 Å². The SMILES string of the molecule is Cc1c(C(=O)OCC(=O)Nc2ccc(C#N)cc2)sc2nc3n(c(=O)c12)CCCCC3. The molecule has 4 rings (SSSR count). The highest BCUT2D eigenvalue weighted by atomic mass is 32.1. The van der Waals surface area contributed by atoms with Crippen molar-refractivity contribution in [3.63, 3.8) is 0 Å². The van der Waals surface area contributed by atoms with Crippen LogP contribution >= 0.6 is 11.3 Å². The lowest BCUT2D eigenvalue weighted by Gasteiger charge is -2.08. The van der Waals surface area contributed by atoms with Gasteiger partial charge < -0.3 is 10.1 Å². The molecule has 3 heterocycles. The number of nitriles is 1. The molecule has 0 aliphatic carbocycles. The Labute approximate surface area is 182 Å². The first-order valence-corrected chi connectivity index (χ1v) is 10.8. The van der Waals surface area contributed by atoms with Crippen LogP contribution in [-0.4, -0.2) is 28.0 Å². The Hall–Kier alpha value is -3.51. The molecule has 1 amide bonds. The summed E-state index contributed by atoms with van der Waals surface area (Å²) in [5.74, 6) is -0.394. The van der Waals surface area contributed by atoms with E-state index < -0.39 is 18.5 Å². The summed E-state index contributed by atoms with van der Waals surface area (Å²) in [5.41, 5.74) is 1.39. The van der Waals surface area contributed by atoms with E-state index in [1.165, 1.54) is 0 Å². The summed E-state index contributed by atoms with van der Waals surface area (Å²) in [5, 5.41) is 11.9. The minimum absolute atomic E-state index is 0.117. The predicted octanol–water partition coefficient (Wildman–Crippen LogP) is 3.16. The number of thiophene rings is 1. The van der Waals surface area contributed by atoms with Crippen molar-refractivity contribution in [2.75, 3.05) is 11.9 Å². The molecule has 0 bridgehead atoms. The van der Waals surface area contributed by atoms with Gasteiger partial charge in [0.1, 0.15) is 15.5 Å². The van der Waals surface area contributed by atoms with Gasteiger partial charge in [-0.05, 0) is 49.6 Å². The molecule has 0 radical (unpaired) electrons. The normalized spacial score (nSPS) is 13.2. The van der Waals surface area contributed by atoms with Crippen molar-refractivity contribution in [2.45, 2.75) is 39.2 Å². The highest BCUT2D eigenvalue weighted by Gasteiger charge is 2.23.